The minimum Gasteiger partial charge on any atom is -0.287 e. The number of hydrogen-bond acceptors (Lipinski definition) is 5. The number of fused-ring (bicyclic) bond motifs is 1. The minimum atomic E-state index is 0.0116. The molecule has 2 heterocycles. The number of amidine groups is 1. The van der Waals surface area contributed by atoms with Crippen molar-refractivity contribution in [3.8, 4) is 0 Å². The predicted molar refractivity (Wildman–Crippen MR) is 111 cm³/mol. The fraction of sp³-hybridized carbons (Fsp3) is 0.250. The molecule has 6 heteroatoms. The van der Waals surface area contributed by atoms with Crippen molar-refractivity contribution in [2.24, 2.45) is 4.99 Å². The summed E-state index contributed by atoms with van der Waals surface area (Å²) < 4.78 is 1.04. The fourth-order valence-corrected chi connectivity index (χ4v) is 4.72. The summed E-state index contributed by atoms with van der Waals surface area (Å²) >= 11 is 3.21. The summed E-state index contributed by atoms with van der Waals surface area (Å²) in [7, 11) is 0. The molecule has 0 aliphatic carbocycles. The van der Waals surface area contributed by atoms with E-state index in [0.29, 0.717) is 12.1 Å². The maximum absolute atomic E-state index is 13.2. The van der Waals surface area contributed by atoms with Crippen molar-refractivity contribution in [3.63, 3.8) is 0 Å². The predicted octanol–water partition coefficient (Wildman–Crippen LogP) is 5.18. The van der Waals surface area contributed by atoms with Gasteiger partial charge in [-0.15, -0.1) is 11.3 Å². The molecule has 1 aliphatic rings. The molecule has 0 N–H and O–H groups in total. The highest BCUT2D eigenvalue weighted by atomic mass is 32.2. The molecule has 26 heavy (non-hydrogen) atoms. The molecule has 0 saturated carbocycles. The van der Waals surface area contributed by atoms with Crippen molar-refractivity contribution in [2.45, 2.75) is 20.3 Å². The van der Waals surface area contributed by atoms with Gasteiger partial charge in [-0.3, -0.25) is 9.69 Å². The average Bonchev–Trinajstić information content (AvgIpc) is 3.12. The van der Waals surface area contributed by atoms with Gasteiger partial charge < -0.3 is 0 Å². The number of para-hydroxylation sites is 1. The Balaban J connectivity index is 1.70. The third-order valence-corrected chi connectivity index (χ3v) is 6.31. The zero-order chi connectivity index (χ0) is 18.1. The van der Waals surface area contributed by atoms with E-state index in [1.807, 2.05) is 34.7 Å². The second-order valence-corrected chi connectivity index (χ2v) is 8.28. The first-order chi connectivity index (χ1) is 12.6. The third kappa shape index (κ3) is 3.27. The number of thiazole rings is 1. The van der Waals surface area contributed by atoms with Crippen LogP contribution in [0.25, 0.3) is 10.2 Å². The first-order valence-electron chi connectivity index (χ1n) is 8.56. The summed E-state index contributed by atoms with van der Waals surface area (Å²) in [5.41, 5.74) is 6.66. The largest absolute Gasteiger partial charge is 0.287 e. The minimum absolute atomic E-state index is 0.0116. The first-order valence-corrected chi connectivity index (χ1v) is 10.4. The zero-order valence-electron chi connectivity index (χ0n) is 14.7. The second-order valence-electron chi connectivity index (χ2n) is 6.33. The van der Waals surface area contributed by atoms with Gasteiger partial charge in [-0.2, -0.15) is 0 Å². The molecule has 1 aliphatic heterocycles. The van der Waals surface area contributed by atoms with Gasteiger partial charge in [-0.1, -0.05) is 30.0 Å². The number of nitrogens with zero attached hydrogens (tertiary/aromatic N) is 3. The Morgan fingerprint density at radius 3 is 2.81 bits per heavy atom. The molecule has 0 radical (unpaired) electrons. The Labute approximate surface area is 161 Å². The van der Waals surface area contributed by atoms with Gasteiger partial charge in [0.1, 0.15) is 0 Å². The van der Waals surface area contributed by atoms with Gasteiger partial charge in [0.2, 0.25) is 0 Å². The Morgan fingerprint density at radius 2 is 2.00 bits per heavy atom. The van der Waals surface area contributed by atoms with Crippen LogP contribution in [0.5, 0.6) is 0 Å². The summed E-state index contributed by atoms with van der Waals surface area (Å²) in [6.07, 6.45) is 0.977. The van der Waals surface area contributed by atoms with Crippen molar-refractivity contribution >= 4 is 50.1 Å². The normalized spacial score (nSPS) is 16.4. The number of benzene rings is 2. The van der Waals surface area contributed by atoms with Gasteiger partial charge in [0.05, 0.1) is 21.4 Å². The van der Waals surface area contributed by atoms with Gasteiger partial charge >= 0.3 is 0 Å². The molecule has 1 aromatic heterocycles. The molecule has 1 saturated heterocycles. The number of carbonyl (C=O) groups is 1. The molecule has 4 rings (SSSR count). The summed E-state index contributed by atoms with van der Waals surface area (Å²) in [4.78, 5) is 24.1. The van der Waals surface area contributed by atoms with E-state index in [0.717, 1.165) is 44.4 Å². The maximum Gasteiger partial charge on any atom is 0.259 e. The highest BCUT2D eigenvalue weighted by Crippen LogP contribution is 2.29. The van der Waals surface area contributed by atoms with Crippen molar-refractivity contribution in [2.75, 3.05) is 12.3 Å². The highest BCUT2D eigenvalue weighted by Gasteiger charge is 2.25. The van der Waals surface area contributed by atoms with E-state index >= 15 is 0 Å². The third-order valence-electron chi connectivity index (χ3n) is 4.46. The van der Waals surface area contributed by atoms with Crippen molar-refractivity contribution in [1.82, 2.24) is 9.88 Å². The molecular weight excluding hydrogens is 362 g/mol. The molecule has 0 spiro atoms. The summed E-state index contributed by atoms with van der Waals surface area (Å²) in [6.45, 7) is 4.82. The number of carbonyl (C=O) groups excluding carboxylic acids is 1. The first kappa shape index (κ1) is 17.2. The van der Waals surface area contributed by atoms with Gasteiger partial charge in [0.15, 0.2) is 5.17 Å². The molecule has 3 aromatic rings. The monoisotopic (exact) mass is 381 g/mol. The van der Waals surface area contributed by atoms with Crippen LogP contribution in [-0.2, 0) is 0 Å². The molecule has 1 amide bonds. The van der Waals surface area contributed by atoms with Crippen LogP contribution in [0.15, 0.2) is 46.9 Å². The topological polar surface area (TPSA) is 45.6 Å². The Morgan fingerprint density at radius 1 is 1.19 bits per heavy atom. The van der Waals surface area contributed by atoms with Crippen LogP contribution in [0, 0.1) is 13.8 Å². The number of aryl methyl sites for hydroxylation is 2. The van der Waals surface area contributed by atoms with Gasteiger partial charge in [-0.25, -0.2) is 9.98 Å². The van der Waals surface area contributed by atoms with E-state index in [1.165, 1.54) is 0 Å². The molecular formula is C20H19N3OS2. The lowest BCUT2D eigenvalue weighted by Gasteiger charge is -2.28. The zero-order valence-corrected chi connectivity index (χ0v) is 16.4. The van der Waals surface area contributed by atoms with Crippen LogP contribution in [0.1, 0.15) is 27.9 Å². The van der Waals surface area contributed by atoms with Crippen LogP contribution >= 0.6 is 23.1 Å². The molecule has 2 aromatic carbocycles. The Hall–Kier alpha value is -2.18. The Bertz CT molecular complexity index is 989. The number of thioether (sulfide) groups is 1. The average molecular weight is 382 g/mol. The lowest BCUT2D eigenvalue weighted by Crippen LogP contribution is -2.39. The quantitative estimate of drug-likeness (QED) is 0.614. The number of aromatic nitrogens is 1. The van der Waals surface area contributed by atoms with Crippen molar-refractivity contribution in [1.29, 1.82) is 0 Å². The second kappa shape index (κ2) is 7.21. The summed E-state index contributed by atoms with van der Waals surface area (Å²) in [6, 6.07) is 11.9. The van der Waals surface area contributed by atoms with Crippen LogP contribution in [0.3, 0.4) is 0 Å². The summed E-state index contributed by atoms with van der Waals surface area (Å²) in [5.74, 6) is 0.999. The van der Waals surface area contributed by atoms with Gasteiger partial charge in [0.25, 0.3) is 5.91 Å². The summed E-state index contributed by atoms with van der Waals surface area (Å²) in [5, 5.41) is 0.794. The van der Waals surface area contributed by atoms with Crippen LogP contribution < -0.4 is 0 Å². The van der Waals surface area contributed by atoms with E-state index < -0.39 is 0 Å². The standard InChI is InChI=1S/C20H19N3OS2/c1-13-5-3-6-14(2)18(13)22-20-23(9-4-10-25-20)19(24)15-7-8-16-17(11-15)26-12-21-16/h3,5-8,11-12H,4,9-10H2,1-2H3. The van der Waals surface area contributed by atoms with Crippen molar-refractivity contribution in [3.05, 3.63) is 58.6 Å². The molecule has 0 atom stereocenters. The molecule has 132 valence electrons. The van der Waals surface area contributed by atoms with E-state index in [-0.39, 0.29) is 5.91 Å². The number of rotatable bonds is 2. The lowest BCUT2D eigenvalue weighted by molar-refractivity contribution is 0.0849. The van der Waals surface area contributed by atoms with E-state index in [1.54, 1.807) is 23.1 Å². The molecule has 4 nitrogen and oxygen atoms in total. The number of hydrogen-bond donors (Lipinski definition) is 0. The smallest absolute Gasteiger partial charge is 0.259 e. The maximum atomic E-state index is 13.2. The molecule has 0 unspecified atom stereocenters. The molecule has 1 fully saturated rings. The Kier molecular flexibility index (Phi) is 4.78. The van der Waals surface area contributed by atoms with E-state index in [9.17, 15) is 4.79 Å². The fourth-order valence-electron chi connectivity index (χ4n) is 3.06. The number of aliphatic imine (C=N–C) groups is 1. The number of amides is 1. The van der Waals surface area contributed by atoms with E-state index in [2.05, 4.69) is 31.0 Å². The molecule has 0 bridgehead atoms. The van der Waals surface area contributed by atoms with Crippen LogP contribution in [0.2, 0.25) is 0 Å². The van der Waals surface area contributed by atoms with Crippen LogP contribution in [0.4, 0.5) is 5.69 Å². The lowest BCUT2D eigenvalue weighted by atomic mass is 10.1. The van der Waals surface area contributed by atoms with Crippen molar-refractivity contribution < 1.29 is 4.79 Å². The highest BCUT2D eigenvalue weighted by molar-refractivity contribution is 8.13. The van der Waals surface area contributed by atoms with Crippen LogP contribution in [-0.4, -0.2) is 33.3 Å². The SMILES string of the molecule is Cc1cccc(C)c1N=C1SCCCN1C(=O)c1ccc2ncsc2c1. The van der Waals surface area contributed by atoms with E-state index in [4.69, 9.17) is 4.99 Å². The van der Waals surface area contributed by atoms with Gasteiger partial charge in [0, 0.05) is 17.9 Å². The van der Waals surface area contributed by atoms with Gasteiger partial charge in [-0.05, 0) is 49.6 Å².